The zero-order valence-electron chi connectivity index (χ0n) is 17.9. The van der Waals surface area contributed by atoms with Crippen LogP contribution in [-0.2, 0) is 18.4 Å². The highest BCUT2D eigenvalue weighted by Gasteiger charge is 2.46. The number of anilines is 1. The molecule has 0 amide bonds. The zero-order valence-corrected chi connectivity index (χ0v) is 20.4. The Kier molecular flexibility index (Phi) is 7.32. The Morgan fingerprint density at radius 3 is 2.49 bits per heavy atom. The van der Waals surface area contributed by atoms with Crippen LogP contribution in [0, 0.1) is 0 Å². The number of hydrogen-bond donors (Lipinski definition) is 5. The van der Waals surface area contributed by atoms with Gasteiger partial charge < -0.3 is 39.1 Å². The third kappa shape index (κ3) is 6.02. The molecule has 0 aromatic carbocycles. The smallest absolute Gasteiger partial charge is 0.340 e. The third-order valence-corrected chi connectivity index (χ3v) is 9.38. The highest BCUT2D eigenvalue weighted by molar-refractivity contribution is 7.70. The van der Waals surface area contributed by atoms with E-state index in [2.05, 4.69) is 10.1 Å². The number of aromatic nitrogens is 3. The molecule has 2 fully saturated rings. The molecule has 13 nitrogen and oxygen atoms in total. The minimum Gasteiger partial charge on any atom is -0.387 e. The van der Waals surface area contributed by atoms with Gasteiger partial charge in [0.05, 0.1) is 24.2 Å². The van der Waals surface area contributed by atoms with E-state index in [9.17, 15) is 33.0 Å². The molecule has 2 aliphatic heterocycles. The van der Waals surface area contributed by atoms with Gasteiger partial charge in [-0.1, -0.05) is 11.6 Å². The molecule has 5 atom stereocenters. The fourth-order valence-corrected chi connectivity index (χ4v) is 6.78. The number of aliphatic hydroxyl groups excluding tert-OH is 2. The predicted octanol–water partition coefficient (Wildman–Crippen LogP) is 1.12. The lowest BCUT2D eigenvalue weighted by Gasteiger charge is -2.33. The van der Waals surface area contributed by atoms with Crippen LogP contribution in [0.3, 0.4) is 0 Å². The van der Waals surface area contributed by atoms with E-state index in [0.29, 0.717) is 5.69 Å². The summed E-state index contributed by atoms with van der Waals surface area (Å²) in [5.41, 5.74) is 0.849. The van der Waals surface area contributed by atoms with Crippen molar-refractivity contribution in [1.82, 2.24) is 14.6 Å². The van der Waals surface area contributed by atoms with Crippen molar-refractivity contribution in [1.29, 1.82) is 0 Å². The predicted molar refractivity (Wildman–Crippen MR) is 117 cm³/mol. The first-order chi connectivity index (χ1) is 16.2. The van der Waals surface area contributed by atoms with Crippen LogP contribution in [0.15, 0.2) is 12.3 Å². The first-order valence-corrected chi connectivity index (χ1v) is 14.3. The summed E-state index contributed by atoms with van der Waals surface area (Å²) in [6.07, 6.45) is -5.11. The SMILES string of the molecule is O=P(O)(O)CP(=O)(O)OC[C@H]1OC(c2cnc3c(N4CCC(F)(F)CC4)cc(Cl)nn23)[C@H](O)[C@@H]1O. The Balaban J connectivity index is 1.55. The maximum Gasteiger partial charge on any atom is 0.340 e. The normalized spacial score (nSPS) is 29.0. The number of nitrogens with zero attached hydrogens (tertiary/aromatic N) is 4. The Labute approximate surface area is 201 Å². The Morgan fingerprint density at radius 1 is 1.20 bits per heavy atom. The summed E-state index contributed by atoms with van der Waals surface area (Å²) < 4.78 is 61.6. The van der Waals surface area contributed by atoms with Crippen molar-refractivity contribution in [3.63, 3.8) is 0 Å². The number of imidazole rings is 1. The standard InChI is InChI=1S/C17H23ClF2N4O9P2/c18-12-5-9(23-3-1-17(19,20)2-4-23)16-21-6-10(24(16)22-12)15-14(26)13(25)11(33-15)7-32-35(30,31)8-34(27,28)29/h5-6,11,13-15,25-26H,1-4,7-8H2,(H,30,31)(H2,27,28,29)/t11-,13-,14-,15?/m1/s1. The average Bonchev–Trinajstić information content (AvgIpc) is 3.25. The number of rotatable bonds is 7. The molecule has 2 aromatic rings. The van der Waals surface area contributed by atoms with Gasteiger partial charge >= 0.3 is 15.2 Å². The van der Waals surface area contributed by atoms with E-state index in [0.717, 1.165) is 0 Å². The molecule has 0 bridgehead atoms. The van der Waals surface area contributed by atoms with Gasteiger partial charge in [0.2, 0.25) is 0 Å². The minimum atomic E-state index is -4.85. The van der Waals surface area contributed by atoms with Gasteiger partial charge in [0.15, 0.2) is 16.7 Å². The number of aliphatic hydroxyl groups is 2. The largest absolute Gasteiger partial charge is 0.387 e. The van der Waals surface area contributed by atoms with Crippen molar-refractivity contribution in [2.24, 2.45) is 0 Å². The lowest BCUT2D eigenvalue weighted by atomic mass is 10.1. The minimum absolute atomic E-state index is 0.00987. The topological polar surface area (TPSA) is 187 Å². The van der Waals surface area contributed by atoms with Crippen LogP contribution in [0.1, 0.15) is 24.6 Å². The number of halogens is 3. The van der Waals surface area contributed by atoms with Crippen molar-refractivity contribution in [2.75, 3.05) is 30.5 Å². The zero-order chi connectivity index (χ0) is 25.8. The van der Waals surface area contributed by atoms with Gasteiger partial charge in [-0.15, -0.1) is 0 Å². The second-order valence-electron chi connectivity index (χ2n) is 8.43. The number of fused-ring (bicyclic) bond motifs is 1. The molecule has 2 aliphatic rings. The van der Waals surface area contributed by atoms with Crippen LogP contribution in [0.5, 0.6) is 0 Å². The molecule has 2 saturated heterocycles. The van der Waals surface area contributed by atoms with Gasteiger partial charge in [-0.25, -0.2) is 18.3 Å². The Morgan fingerprint density at radius 2 is 1.86 bits per heavy atom. The van der Waals surface area contributed by atoms with Crippen LogP contribution in [0.2, 0.25) is 5.15 Å². The fourth-order valence-electron chi connectivity index (χ4n) is 4.04. The lowest BCUT2D eigenvalue weighted by molar-refractivity contribution is -0.0221. The van der Waals surface area contributed by atoms with Crippen LogP contribution in [0.4, 0.5) is 14.5 Å². The summed E-state index contributed by atoms with van der Waals surface area (Å²) in [6.45, 7) is -0.635. The molecule has 0 spiro atoms. The average molecular weight is 563 g/mol. The number of piperidine rings is 1. The van der Waals surface area contributed by atoms with E-state index in [1.807, 2.05) is 0 Å². The molecule has 18 heteroatoms. The fraction of sp³-hybridized carbons (Fsp3) is 0.647. The third-order valence-electron chi connectivity index (χ3n) is 5.74. The first-order valence-electron chi connectivity index (χ1n) is 10.4. The summed E-state index contributed by atoms with van der Waals surface area (Å²) in [5.74, 6) is -4.18. The highest BCUT2D eigenvalue weighted by atomic mass is 35.5. The van der Waals surface area contributed by atoms with Crippen LogP contribution in [0.25, 0.3) is 5.65 Å². The summed E-state index contributed by atoms with van der Waals surface area (Å²) in [6, 6.07) is 1.48. The van der Waals surface area contributed by atoms with Gasteiger partial charge in [-0.3, -0.25) is 9.13 Å². The quantitative estimate of drug-likeness (QED) is 0.303. The summed E-state index contributed by atoms with van der Waals surface area (Å²) in [7, 11) is -9.56. The molecule has 0 radical (unpaired) electrons. The van der Waals surface area contributed by atoms with E-state index in [1.165, 1.54) is 16.8 Å². The molecule has 2 aromatic heterocycles. The van der Waals surface area contributed by atoms with E-state index in [-0.39, 0.29) is 42.4 Å². The molecule has 4 rings (SSSR count). The Hall–Kier alpha value is -1.25. The van der Waals surface area contributed by atoms with Crippen LogP contribution >= 0.6 is 26.8 Å². The number of ether oxygens (including phenoxy) is 1. The van der Waals surface area contributed by atoms with E-state index in [1.54, 1.807) is 4.90 Å². The molecule has 4 heterocycles. The molecule has 35 heavy (non-hydrogen) atoms. The van der Waals surface area contributed by atoms with Crippen molar-refractivity contribution in [2.45, 2.75) is 43.2 Å². The lowest BCUT2D eigenvalue weighted by Crippen LogP contribution is -2.39. The van der Waals surface area contributed by atoms with Crippen molar-refractivity contribution in [3.8, 4) is 0 Å². The molecular formula is C17H23ClF2N4O9P2. The Bertz CT molecular complexity index is 1190. The van der Waals surface area contributed by atoms with Gasteiger partial charge in [0, 0.05) is 32.0 Å². The van der Waals surface area contributed by atoms with Gasteiger partial charge in [-0.05, 0) is 0 Å². The van der Waals surface area contributed by atoms with Gasteiger partial charge in [0.1, 0.15) is 24.4 Å². The molecule has 5 N–H and O–H groups in total. The second kappa shape index (κ2) is 9.56. The monoisotopic (exact) mass is 562 g/mol. The maximum atomic E-state index is 13.6. The number of hydrogen-bond acceptors (Lipinski definition) is 9. The van der Waals surface area contributed by atoms with E-state index in [4.69, 9.17) is 30.6 Å². The summed E-state index contributed by atoms with van der Waals surface area (Å²) in [4.78, 5) is 33.3. The van der Waals surface area contributed by atoms with Crippen LogP contribution in [-0.4, -0.2) is 89.3 Å². The molecule has 0 saturated carbocycles. The maximum absolute atomic E-state index is 13.6. The van der Waals surface area contributed by atoms with E-state index >= 15 is 0 Å². The van der Waals surface area contributed by atoms with Crippen LogP contribution < -0.4 is 4.90 Å². The van der Waals surface area contributed by atoms with Crippen molar-refractivity contribution < 1.29 is 52.1 Å². The molecule has 2 unspecified atom stereocenters. The summed E-state index contributed by atoms with van der Waals surface area (Å²) in [5, 5.41) is 25.0. The van der Waals surface area contributed by atoms with E-state index < -0.39 is 58.0 Å². The van der Waals surface area contributed by atoms with Crippen molar-refractivity contribution in [3.05, 3.63) is 23.1 Å². The molecule has 196 valence electrons. The number of alkyl halides is 2. The second-order valence-corrected chi connectivity index (χ2v) is 12.8. The first kappa shape index (κ1) is 26.8. The van der Waals surface area contributed by atoms with Gasteiger partial charge in [0.25, 0.3) is 5.92 Å². The molecular weight excluding hydrogens is 540 g/mol. The van der Waals surface area contributed by atoms with Gasteiger partial charge in [-0.2, -0.15) is 5.10 Å². The highest BCUT2D eigenvalue weighted by Crippen LogP contribution is 2.55. The summed E-state index contributed by atoms with van der Waals surface area (Å²) >= 11 is 6.15. The molecule has 0 aliphatic carbocycles. The van der Waals surface area contributed by atoms with Crippen molar-refractivity contribution >= 4 is 38.1 Å².